The number of carbonyl (C=O) groups is 1. The SMILES string of the molecule is CC.Cc1ccc(NC(=O)c2cnn(C)c2-c2ccc(F)cc2)cc1SN1CCOCC1. The Morgan fingerprint density at radius 3 is 2.50 bits per heavy atom. The molecule has 4 rings (SSSR count). The number of nitrogens with one attached hydrogen (secondary N) is 1. The molecule has 1 aliphatic rings. The first-order chi connectivity index (χ1) is 15.5. The van der Waals surface area contributed by atoms with Crippen molar-refractivity contribution in [3.63, 3.8) is 0 Å². The van der Waals surface area contributed by atoms with Gasteiger partial charge in [-0.2, -0.15) is 5.10 Å². The number of ether oxygens (including phenoxy) is 1. The lowest BCUT2D eigenvalue weighted by atomic mass is 10.1. The zero-order chi connectivity index (χ0) is 23.1. The minimum absolute atomic E-state index is 0.256. The smallest absolute Gasteiger partial charge is 0.259 e. The Kier molecular flexibility index (Phi) is 8.44. The van der Waals surface area contributed by atoms with Crippen molar-refractivity contribution in [3.8, 4) is 11.3 Å². The van der Waals surface area contributed by atoms with E-state index in [2.05, 4.69) is 21.6 Å². The van der Waals surface area contributed by atoms with Crippen LogP contribution in [0.1, 0.15) is 29.8 Å². The predicted octanol–water partition coefficient (Wildman–Crippen LogP) is 5.15. The summed E-state index contributed by atoms with van der Waals surface area (Å²) in [6, 6.07) is 11.9. The molecule has 1 N–H and O–H groups in total. The van der Waals surface area contributed by atoms with E-state index in [1.807, 2.05) is 32.0 Å². The van der Waals surface area contributed by atoms with Gasteiger partial charge in [0.1, 0.15) is 5.82 Å². The molecule has 3 aromatic rings. The molecule has 0 aliphatic carbocycles. The number of benzene rings is 2. The highest BCUT2D eigenvalue weighted by Crippen LogP contribution is 2.30. The monoisotopic (exact) mass is 456 g/mol. The average molecular weight is 457 g/mol. The number of morpholine rings is 1. The van der Waals surface area contributed by atoms with Gasteiger partial charge in [0.2, 0.25) is 0 Å². The second-order valence-corrected chi connectivity index (χ2v) is 8.24. The highest BCUT2D eigenvalue weighted by atomic mass is 32.2. The van der Waals surface area contributed by atoms with Crippen molar-refractivity contribution in [2.75, 3.05) is 31.6 Å². The highest BCUT2D eigenvalue weighted by Gasteiger charge is 2.19. The second-order valence-electron chi connectivity index (χ2n) is 7.10. The second kappa shape index (κ2) is 11.3. The zero-order valence-corrected chi connectivity index (χ0v) is 19.7. The van der Waals surface area contributed by atoms with Crippen molar-refractivity contribution in [1.82, 2.24) is 14.1 Å². The molecule has 0 bridgehead atoms. The maximum atomic E-state index is 13.3. The molecule has 170 valence electrons. The van der Waals surface area contributed by atoms with Gasteiger partial charge in [0.05, 0.1) is 30.7 Å². The van der Waals surface area contributed by atoms with Crippen molar-refractivity contribution < 1.29 is 13.9 Å². The van der Waals surface area contributed by atoms with E-state index in [-0.39, 0.29) is 11.7 Å². The fourth-order valence-corrected chi connectivity index (χ4v) is 4.31. The lowest BCUT2D eigenvalue weighted by Crippen LogP contribution is -2.31. The quantitative estimate of drug-likeness (QED) is 0.538. The van der Waals surface area contributed by atoms with Crippen LogP contribution in [0.5, 0.6) is 0 Å². The Balaban J connectivity index is 0.00000141. The first-order valence-corrected chi connectivity index (χ1v) is 11.5. The minimum atomic E-state index is -0.322. The van der Waals surface area contributed by atoms with Crippen molar-refractivity contribution in [2.24, 2.45) is 7.05 Å². The van der Waals surface area contributed by atoms with Crippen LogP contribution in [0.15, 0.2) is 53.6 Å². The van der Waals surface area contributed by atoms with Gasteiger partial charge in [-0.25, -0.2) is 8.70 Å². The largest absolute Gasteiger partial charge is 0.379 e. The third-order valence-electron chi connectivity index (χ3n) is 4.94. The van der Waals surface area contributed by atoms with E-state index in [9.17, 15) is 9.18 Å². The van der Waals surface area contributed by atoms with E-state index < -0.39 is 0 Å². The normalized spacial score (nSPS) is 13.9. The summed E-state index contributed by atoms with van der Waals surface area (Å²) in [7, 11) is 1.76. The molecule has 2 aromatic carbocycles. The fraction of sp³-hybridized carbons (Fsp3) is 0.333. The van der Waals surface area contributed by atoms with Gasteiger partial charge in [0, 0.05) is 36.3 Å². The van der Waals surface area contributed by atoms with Crippen LogP contribution in [-0.4, -0.2) is 46.3 Å². The third kappa shape index (κ3) is 5.76. The topological polar surface area (TPSA) is 59.4 Å². The first kappa shape index (κ1) is 24.0. The number of halogens is 1. The summed E-state index contributed by atoms with van der Waals surface area (Å²) in [6.07, 6.45) is 1.53. The Morgan fingerprint density at radius 2 is 1.81 bits per heavy atom. The van der Waals surface area contributed by atoms with E-state index >= 15 is 0 Å². The van der Waals surface area contributed by atoms with E-state index in [1.54, 1.807) is 35.8 Å². The van der Waals surface area contributed by atoms with Crippen LogP contribution in [0.2, 0.25) is 0 Å². The number of aromatic nitrogens is 2. The lowest BCUT2D eigenvalue weighted by molar-refractivity contribution is 0.0773. The van der Waals surface area contributed by atoms with Crippen molar-refractivity contribution in [3.05, 3.63) is 65.6 Å². The van der Waals surface area contributed by atoms with Gasteiger partial charge in [0.15, 0.2) is 0 Å². The standard InChI is InChI=1S/C22H23FN4O2S.C2H6/c1-15-3-8-18(13-20(15)30-27-9-11-29-12-10-27)25-22(28)19-14-24-26(2)21(19)16-4-6-17(23)7-5-16;1-2/h3-8,13-14H,9-12H2,1-2H3,(H,25,28);1-2H3. The lowest BCUT2D eigenvalue weighted by Gasteiger charge is -2.26. The van der Waals surface area contributed by atoms with Gasteiger partial charge in [-0.1, -0.05) is 19.9 Å². The minimum Gasteiger partial charge on any atom is -0.379 e. The van der Waals surface area contributed by atoms with Gasteiger partial charge in [-0.15, -0.1) is 0 Å². The summed E-state index contributed by atoms with van der Waals surface area (Å²) < 4.78 is 22.6. The molecule has 0 radical (unpaired) electrons. The summed E-state index contributed by atoms with van der Waals surface area (Å²) >= 11 is 1.68. The van der Waals surface area contributed by atoms with Crippen molar-refractivity contribution >= 4 is 23.5 Å². The van der Waals surface area contributed by atoms with E-state index in [1.165, 1.54) is 18.3 Å². The van der Waals surface area contributed by atoms with Crippen molar-refractivity contribution in [2.45, 2.75) is 25.7 Å². The van der Waals surface area contributed by atoms with Gasteiger partial charge in [-0.05, 0) is 60.8 Å². The van der Waals surface area contributed by atoms with Crippen LogP contribution in [0.4, 0.5) is 10.1 Å². The van der Waals surface area contributed by atoms with Crippen LogP contribution in [0.25, 0.3) is 11.3 Å². The van der Waals surface area contributed by atoms with Gasteiger partial charge < -0.3 is 10.1 Å². The Labute approximate surface area is 192 Å². The average Bonchev–Trinajstić information content (AvgIpc) is 3.20. The molecular weight excluding hydrogens is 427 g/mol. The Morgan fingerprint density at radius 1 is 1.12 bits per heavy atom. The third-order valence-corrected chi connectivity index (χ3v) is 6.20. The number of hydrogen-bond acceptors (Lipinski definition) is 5. The van der Waals surface area contributed by atoms with Crippen molar-refractivity contribution in [1.29, 1.82) is 0 Å². The maximum Gasteiger partial charge on any atom is 0.259 e. The van der Waals surface area contributed by atoms with Crippen LogP contribution in [0, 0.1) is 12.7 Å². The molecule has 0 unspecified atom stereocenters. The summed E-state index contributed by atoms with van der Waals surface area (Å²) in [5.74, 6) is -0.578. The van der Waals surface area contributed by atoms with E-state index in [4.69, 9.17) is 4.74 Å². The van der Waals surface area contributed by atoms with Gasteiger partial charge >= 0.3 is 0 Å². The number of carbonyl (C=O) groups excluding carboxylic acids is 1. The summed E-state index contributed by atoms with van der Waals surface area (Å²) in [5, 5.41) is 7.20. The molecule has 2 heterocycles. The molecule has 1 aliphatic heterocycles. The molecule has 32 heavy (non-hydrogen) atoms. The van der Waals surface area contributed by atoms with Gasteiger partial charge in [-0.3, -0.25) is 9.48 Å². The molecular formula is C24H29FN4O2S. The number of nitrogens with zero attached hydrogens (tertiary/aromatic N) is 3. The number of amides is 1. The molecule has 0 atom stereocenters. The van der Waals surface area contributed by atoms with Crippen LogP contribution < -0.4 is 5.32 Å². The molecule has 0 saturated carbocycles. The summed E-state index contributed by atoms with van der Waals surface area (Å²) in [5.41, 5.74) is 3.68. The molecule has 1 amide bonds. The Hall–Kier alpha value is -2.68. The number of rotatable bonds is 5. The molecule has 1 aromatic heterocycles. The van der Waals surface area contributed by atoms with E-state index in [0.29, 0.717) is 11.3 Å². The summed E-state index contributed by atoms with van der Waals surface area (Å²) in [4.78, 5) is 14.1. The fourth-order valence-electron chi connectivity index (χ4n) is 3.31. The van der Waals surface area contributed by atoms with Crippen LogP contribution in [0.3, 0.4) is 0 Å². The van der Waals surface area contributed by atoms with Crippen LogP contribution >= 0.6 is 11.9 Å². The van der Waals surface area contributed by atoms with Gasteiger partial charge in [0.25, 0.3) is 5.91 Å². The number of hydrogen-bond donors (Lipinski definition) is 1. The molecule has 8 heteroatoms. The van der Waals surface area contributed by atoms with Crippen LogP contribution in [-0.2, 0) is 11.8 Å². The number of anilines is 1. The molecule has 1 fully saturated rings. The highest BCUT2D eigenvalue weighted by molar-refractivity contribution is 7.97. The maximum absolute atomic E-state index is 13.3. The van der Waals surface area contributed by atoms with E-state index in [0.717, 1.165) is 48.0 Å². The number of aryl methyl sites for hydroxylation is 2. The zero-order valence-electron chi connectivity index (χ0n) is 18.9. The first-order valence-electron chi connectivity index (χ1n) is 10.7. The molecule has 1 saturated heterocycles. The molecule has 0 spiro atoms. The Bertz CT molecular complexity index is 1050. The summed E-state index contributed by atoms with van der Waals surface area (Å²) in [6.45, 7) is 9.27. The predicted molar refractivity (Wildman–Crippen MR) is 127 cm³/mol. The molecule has 6 nitrogen and oxygen atoms in total.